The summed E-state index contributed by atoms with van der Waals surface area (Å²) in [5.74, 6) is -3.03. The molecule has 6 heteroatoms. The summed E-state index contributed by atoms with van der Waals surface area (Å²) in [5, 5.41) is 12.0. The minimum absolute atomic E-state index is 0.249. The summed E-state index contributed by atoms with van der Waals surface area (Å²) in [6.45, 7) is 0.249. The molecule has 2 saturated heterocycles. The van der Waals surface area contributed by atoms with E-state index in [9.17, 15) is 19.1 Å². The first kappa shape index (κ1) is 14.0. The molecule has 21 heavy (non-hydrogen) atoms. The van der Waals surface area contributed by atoms with E-state index in [-0.39, 0.29) is 30.5 Å². The van der Waals surface area contributed by atoms with Crippen LogP contribution in [0.1, 0.15) is 18.4 Å². The van der Waals surface area contributed by atoms with Gasteiger partial charge in [0.1, 0.15) is 5.82 Å². The SMILES string of the molecule is O=C(O)[C@@H]1[C@@H](C(=O)NCc2ccc(F)cc2)[C@@H]2CC[C@@H]1O2. The first-order valence-corrected chi connectivity index (χ1v) is 6.96. The summed E-state index contributed by atoms with van der Waals surface area (Å²) < 4.78 is 18.4. The highest BCUT2D eigenvalue weighted by Gasteiger charge is 2.55. The molecule has 1 amide bonds. The highest BCUT2D eigenvalue weighted by Crippen LogP contribution is 2.43. The fourth-order valence-electron chi connectivity index (χ4n) is 3.23. The zero-order valence-electron chi connectivity index (χ0n) is 11.3. The van der Waals surface area contributed by atoms with Crippen LogP contribution in [0.15, 0.2) is 24.3 Å². The molecule has 1 aromatic rings. The minimum Gasteiger partial charge on any atom is -0.481 e. The van der Waals surface area contributed by atoms with Crippen molar-refractivity contribution < 1.29 is 23.8 Å². The molecule has 5 nitrogen and oxygen atoms in total. The van der Waals surface area contributed by atoms with Crippen LogP contribution in [0.3, 0.4) is 0 Å². The number of fused-ring (bicyclic) bond motifs is 2. The van der Waals surface area contributed by atoms with E-state index in [2.05, 4.69) is 5.32 Å². The van der Waals surface area contributed by atoms with Crippen LogP contribution in [-0.2, 0) is 20.9 Å². The van der Waals surface area contributed by atoms with Crippen molar-refractivity contribution in [2.24, 2.45) is 11.8 Å². The third-order valence-electron chi connectivity index (χ3n) is 4.24. The number of halogens is 1. The lowest BCUT2D eigenvalue weighted by atomic mass is 9.78. The third-order valence-corrected chi connectivity index (χ3v) is 4.24. The average molecular weight is 293 g/mol. The van der Waals surface area contributed by atoms with Crippen LogP contribution in [-0.4, -0.2) is 29.2 Å². The molecule has 0 radical (unpaired) electrons. The minimum atomic E-state index is -0.982. The second-order valence-corrected chi connectivity index (χ2v) is 5.52. The Kier molecular flexibility index (Phi) is 3.63. The van der Waals surface area contributed by atoms with Crippen molar-refractivity contribution in [3.8, 4) is 0 Å². The monoisotopic (exact) mass is 293 g/mol. The smallest absolute Gasteiger partial charge is 0.310 e. The van der Waals surface area contributed by atoms with Crippen molar-refractivity contribution >= 4 is 11.9 Å². The maximum Gasteiger partial charge on any atom is 0.310 e. The fraction of sp³-hybridized carbons (Fsp3) is 0.467. The number of amides is 1. The lowest BCUT2D eigenvalue weighted by Crippen LogP contribution is -2.43. The zero-order valence-corrected chi connectivity index (χ0v) is 11.3. The van der Waals surface area contributed by atoms with Crippen molar-refractivity contribution in [3.05, 3.63) is 35.6 Å². The van der Waals surface area contributed by atoms with Gasteiger partial charge in [0.05, 0.1) is 24.0 Å². The van der Waals surface area contributed by atoms with Crippen LogP contribution in [0.25, 0.3) is 0 Å². The van der Waals surface area contributed by atoms with Crippen LogP contribution < -0.4 is 5.32 Å². The fourth-order valence-corrected chi connectivity index (χ4v) is 3.23. The molecule has 112 valence electrons. The quantitative estimate of drug-likeness (QED) is 0.878. The van der Waals surface area contributed by atoms with Crippen LogP contribution in [0.4, 0.5) is 4.39 Å². The number of carbonyl (C=O) groups is 2. The van der Waals surface area contributed by atoms with Crippen LogP contribution in [0.5, 0.6) is 0 Å². The highest BCUT2D eigenvalue weighted by molar-refractivity contribution is 5.86. The summed E-state index contributed by atoms with van der Waals surface area (Å²) in [4.78, 5) is 23.6. The molecule has 0 aliphatic carbocycles. The van der Waals surface area contributed by atoms with Crippen LogP contribution >= 0.6 is 0 Å². The average Bonchev–Trinajstić information content (AvgIpc) is 3.06. The maximum atomic E-state index is 12.8. The van der Waals surface area contributed by atoms with Crippen molar-refractivity contribution in [1.82, 2.24) is 5.32 Å². The number of hydrogen-bond donors (Lipinski definition) is 2. The Labute approximate surface area is 121 Å². The standard InChI is InChI=1S/C15H16FNO4/c16-9-3-1-8(2-4-9)7-17-14(18)12-10-5-6-11(21-10)13(12)15(19)20/h1-4,10-13H,5-7H2,(H,17,18)(H,19,20)/t10-,11-,12-,13-/m0/s1. The molecular formula is C15H16FNO4. The van der Waals surface area contributed by atoms with Gasteiger partial charge in [0.15, 0.2) is 0 Å². The van der Waals surface area contributed by atoms with Crippen molar-refractivity contribution in [2.75, 3.05) is 0 Å². The van der Waals surface area contributed by atoms with Crippen molar-refractivity contribution in [3.63, 3.8) is 0 Å². The van der Waals surface area contributed by atoms with E-state index in [4.69, 9.17) is 4.74 Å². The van der Waals surface area contributed by atoms with E-state index in [0.29, 0.717) is 6.42 Å². The Morgan fingerprint density at radius 1 is 1.19 bits per heavy atom. The summed E-state index contributed by atoms with van der Waals surface area (Å²) in [6.07, 6.45) is 0.769. The summed E-state index contributed by atoms with van der Waals surface area (Å²) in [6, 6.07) is 5.81. The second-order valence-electron chi connectivity index (χ2n) is 5.52. The van der Waals surface area contributed by atoms with Gasteiger partial charge in [-0.05, 0) is 30.5 Å². The normalized spacial score (nSPS) is 30.3. The summed E-state index contributed by atoms with van der Waals surface area (Å²) >= 11 is 0. The third kappa shape index (κ3) is 2.63. The Hall–Kier alpha value is -1.95. The maximum absolute atomic E-state index is 12.8. The first-order valence-electron chi connectivity index (χ1n) is 6.96. The molecule has 0 saturated carbocycles. The number of benzene rings is 1. The van der Waals surface area contributed by atoms with Gasteiger partial charge in [-0.15, -0.1) is 0 Å². The number of carboxylic acid groups (broad SMARTS) is 1. The van der Waals surface area contributed by atoms with Gasteiger partial charge in [-0.1, -0.05) is 12.1 Å². The largest absolute Gasteiger partial charge is 0.481 e. The van der Waals surface area contributed by atoms with E-state index in [1.54, 1.807) is 12.1 Å². The predicted molar refractivity (Wildman–Crippen MR) is 70.8 cm³/mol. The molecular weight excluding hydrogens is 277 g/mol. The molecule has 0 spiro atoms. The van der Waals surface area contributed by atoms with Gasteiger partial charge >= 0.3 is 5.97 Å². The number of carboxylic acids is 1. The van der Waals surface area contributed by atoms with E-state index in [0.717, 1.165) is 12.0 Å². The van der Waals surface area contributed by atoms with E-state index in [1.165, 1.54) is 12.1 Å². The molecule has 2 heterocycles. The number of rotatable bonds is 4. The van der Waals surface area contributed by atoms with Gasteiger partial charge in [0.25, 0.3) is 0 Å². The van der Waals surface area contributed by atoms with Gasteiger partial charge in [-0.25, -0.2) is 4.39 Å². The molecule has 2 fully saturated rings. The molecule has 1 aromatic carbocycles. The van der Waals surface area contributed by atoms with Gasteiger partial charge in [0.2, 0.25) is 5.91 Å². The Bertz CT molecular complexity index is 559. The molecule has 2 aliphatic rings. The summed E-state index contributed by atoms with van der Waals surface area (Å²) in [7, 11) is 0. The van der Waals surface area contributed by atoms with Crippen molar-refractivity contribution in [2.45, 2.75) is 31.6 Å². The topological polar surface area (TPSA) is 75.6 Å². The molecule has 0 aromatic heterocycles. The van der Waals surface area contributed by atoms with Gasteiger partial charge < -0.3 is 15.2 Å². The Morgan fingerprint density at radius 2 is 1.81 bits per heavy atom. The van der Waals surface area contributed by atoms with Gasteiger partial charge in [-0.2, -0.15) is 0 Å². The molecule has 2 bridgehead atoms. The molecule has 3 rings (SSSR count). The lowest BCUT2D eigenvalue weighted by molar-refractivity contribution is -0.147. The molecule has 0 unspecified atom stereocenters. The molecule has 2 aliphatic heterocycles. The molecule has 4 atom stereocenters. The number of ether oxygens (including phenoxy) is 1. The number of aliphatic carboxylic acids is 1. The zero-order chi connectivity index (χ0) is 15.0. The van der Waals surface area contributed by atoms with Gasteiger partial charge in [0, 0.05) is 6.54 Å². The number of nitrogens with one attached hydrogen (secondary N) is 1. The van der Waals surface area contributed by atoms with Gasteiger partial charge in [-0.3, -0.25) is 9.59 Å². The van der Waals surface area contributed by atoms with E-state index in [1.807, 2.05) is 0 Å². The lowest BCUT2D eigenvalue weighted by Gasteiger charge is -2.23. The first-order chi connectivity index (χ1) is 10.1. The second kappa shape index (κ2) is 5.44. The van der Waals surface area contributed by atoms with E-state index >= 15 is 0 Å². The van der Waals surface area contributed by atoms with Crippen LogP contribution in [0, 0.1) is 17.7 Å². The Balaban J connectivity index is 1.64. The Morgan fingerprint density at radius 3 is 2.43 bits per heavy atom. The van der Waals surface area contributed by atoms with Crippen LogP contribution in [0.2, 0.25) is 0 Å². The van der Waals surface area contributed by atoms with Crippen molar-refractivity contribution in [1.29, 1.82) is 0 Å². The number of carbonyl (C=O) groups excluding carboxylic acids is 1. The predicted octanol–water partition coefficient (Wildman–Crippen LogP) is 1.32. The van der Waals surface area contributed by atoms with E-state index < -0.39 is 17.8 Å². The number of hydrogen-bond acceptors (Lipinski definition) is 3. The summed E-state index contributed by atoms with van der Waals surface area (Å²) in [5.41, 5.74) is 0.765. The highest BCUT2D eigenvalue weighted by atomic mass is 19.1. The molecule has 2 N–H and O–H groups in total.